The van der Waals surface area contributed by atoms with Gasteiger partial charge in [-0.3, -0.25) is 4.90 Å². The molecule has 1 aromatic heterocycles. The lowest BCUT2D eigenvalue weighted by Gasteiger charge is -2.35. The van der Waals surface area contributed by atoms with E-state index in [2.05, 4.69) is 9.88 Å². The van der Waals surface area contributed by atoms with Crippen molar-refractivity contribution < 1.29 is 9.84 Å². The first-order valence-electron chi connectivity index (χ1n) is 6.16. The molecular weight excluding hydrogens is 252 g/mol. The molecule has 1 aliphatic rings. The minimum Gasteiger partial charge on any atom is -0.388 e. The monoisotopic (exact) mass is 270 g/mol. The van der Waals surface area contributed by atoms with Crippen LogP contribution in [0.25, 0.3) is 0 Å². The van der Waals surface area contributed by atoms with Crippen LogP contribution in [0, 0.1) is 0 Å². The Kier molecular flexibility index (Phi) is 4.56. The van der Waals surface area contributed by atoms with E-state index in [1.165, 1.54) is 0 Å². The molecule has 0 saturated carbocycles. The molecule has 0 atom stereocenters. The number of hydrogen-bond donors (Lipinski definition) is 1. The quantitative estimate of drug-likeness (QED) is 0.846. The summed E-state index contributed by atoms with van der Waals surface area (Å²) in [5, 5.41) is 10.9. The third kappa shape index (κ3) is 3.92. The fourth-order valence-electron chi connectivity index (χ4n) is 2.32. The molecule has 0 spiro atoms. The van der Waals surface area contributed by atoms with Gasteiger partial charge in [0.25, 0.3) is 0 Å². The maximum atomic E-state index is 10.4. The summed E-state index contributed by atoms with van der Waals surface area (Å²) in [4.78, 5) is 6.07. The Morgan fingerprint density at radius 3 is 2.89 bits per heavy atom. The molecule has 2 heterocycles. The number of aliphatic hydroxyl groups is 1. The first kappa shape index (κ1) is 13.7. The van der Waals surface area contributed by atoms with Crippen LogP contribution in [-0.4, -0.2) is 47.4 Å². The van der Waals surface area contributed by atoms with Crippen LogP contribution < -0.4 is 0 Å². The third-order valence-corrected chi connectivity index (χ3v) is 3.44. The molecule has 5 heteroatoms. The molecule has 18 heavy (non-hydrogen) atoms. The highest BCUT2D eigenvalue weighted by Gasteiger charge is 2.30. The fraction of sp³-hybridized carbons (Fsp3) is 0.615. The predicted molar refractivity (Wildman–Crippen MR) is 70.6 cm³/mol. The van der Waals surface area contributed by atoms with E-state index in [-0.39, 0.29) is 0 Å². The fourth-order valence-corrected chi connectivity index (χ4v) is 2.52. The molecule has 0 unspecified atom stereocenters. The molecule has 0 radical (unpaired) electrons. The van der Waals surface area contributed by atoms with Gasteiger partial charge in [0.1, 0.15) is 5.15 Å². The van der Waals surface area contributed by atoms with Crippen molar-refractivity contribution >= 4 is 11.6 Å². The number of ether oxygens (including phenoxy) is 1. The normalized spacial score (nSPS) is 19.1. The highest BCUT2D eigenvalue weighted by molar-refractivity contribution is 6.29. The molecule has 4 nitrogen and oxygen atoms in total. The standard InChI is InChI=1S/C13H19ClN2O2/c1-16(9-11-2-5-15-12(14)8-11)10-13(17)3-6-18-7-4-13/h2,5,8,17H,3-4,6-7,9-10H2,1H3. The van der Waals surface area contributed by atoms with Gasteiger partial charge in [-0.25, -0.2) is 4.98 Å². The van der Waals surface area contributed by atoms with Crippen LogP contribution in [0.4, 0.5) is 0 Å². The molecule has 1 N–H and O–H groups in total. The van der Waals surface area contributed by atoms with Crippen molar-refractivity contribution in [3.8, 4) is 0 Å². The van der Waals surface area contributed by atoms with Gasteiger partial charge in [-0.1, -0.05) is 11.6 Å². The van der Waals surface area contributed by atoms with Crippen molar-refractivity contribution in [1.29, 1.82) is 0 Å². The lowest BCUT2D eigenvalue weighted by molar-refractivity contribution is -0.0777. The summed E-state index contributed by atoms with van der Waals surface area (Å²) in [5.74, 6) is 0. The third-order valence-electron chi connectivity index (χ3n) is 3.23. The van der Waals surface area contributed by atoms with E-state index in [4.69, 9.17) is 16.3 Å². The maximum absolute atomic E-state index is 10.4. The van der Waals surface area contributed by atoms with Crippen LogP contribution in [0.3, 0.4) is 0 Å². The smallest absolute Gasteiger partial charge is 0.129 e. The molecule has 1 aliphatic heterocycles. The molecule has 1 aromatic rings. The highest BCUT2D eigenvalue weighted by Crippen LogP contribution is 2.22. The molecule has 0 aliphatic carbocycles. The van der Waals surface area contributed by atoms with Crippen molar-refractivity contribution in [2.75, 3.05) is 26.8 Å². The van der Waals surface area contributed by atoms with Gasteiger partial charge < -0.3 is 9.84 Å². The van der Waals surface area contributed by atoms with E-state index in [9.17, 15) is 5.11 Å². The minimum absolute atomic E-state index is 0.505. The largest absolute Gasteiger partial charge is 0.388 e. The summed E-state index contributed by atoms with van der Waals surface area (Å²) < 4.78 is 5.28. The summed E-state index contributed by atoms with van der Waals surface area (Å²) >= 11 is 5.85. The molecule has 100 valence electrons. The van der Waals surface area contributed by atoms with E-state index in [0.717, 1.165) is 12.1 Å². The maximum Gasteiger partial charge on any atom is 0.129 e. The van der Waals surface area contributed by atoms with Crippen molar-refractivity contribution in [3.63, 3.8) is 0 Å². The SMILES string of the molecule is CN(Cc1ccnc(Cl)c1)CC1(O)CCOCC1. The number of pyridine rings is 1. The van der Waals surface area contributed by atoms with Crippen molar-refractivity contribution in [2.24, 2.45) is 0 Å². The number of likely N-dealkylation sites (N-methyl/N-ethyl adjacent to an activating group) is 1. The van der Waals surface area contributed by atoms with Gasteiger partial charge in [0.05, 0.1) is 5.60 Å². The highest BCUT2D eigenvalue weighted by atomic mass is 35.5. The minimum atomic E-state index is -0.621. The predicted octanol–water partition coefficient (Wildman–Crippen LogP) is 1.71. The first-order chi connectivity index (χ1) is 8.57. The van der Waals surface area contributed by atoms with Crippen LogP contribution in [0.15, 0.2) is 18.3 Å². The average molecular weight is 271 g/mol. The lowest BCUT2D eigenvalue weighted by atomic mass is 9.94. The number of hydrogen-bond acceptors (Lipinski definition) is 4. The van der Waals surface area contributed by atoms with Gasteiger partial charge in [0.2, 0.25) is 0 Å². The second-order valence-corrected chi connectivity index (χ2v) is 5.38. The number of rotatable bonds is 4. The van der Waals surface area contributed by atoms with Gasteiger partial charge in [-0.15, -0.1) is 0 Å². The number of aromatic nitrogens is 1. The summed E-state index contributed by atoms with van der Waals surface area (Å²) in [5.41, 5.74) is 0.484. The summed E-state index contributed by atoms with van der Waals surface area (Å²) in [6.07, 6.45) is 3.11. The van der Waals surface area contributed by atoms with E-state index >= 15 is 0 Å². The van der Waals surface area contributed by atoms with Crippen molar-refractivity contribution in [1.82, 2.24) is 9.88 Å². The Morgan fingerprint density at radius 1 is 1.50 bits per heavy atom. The van der Waals surface area contributed by atoms with Crippen LogP contribution >= 0.6 is 11.6 Å². The lowest BCUT2D eigenvalue weighted by Crippen LogP contribution is -2.45. The van der Waals surface area contributed by atoms with E-state index in [1.54, 1.807) is 6.20 Å². The molecule has 2 rings (SSSR count). The van der Waals surface area contributed by atoms with Crippen LogP contribution in [0.2, 0.25) is 5.15 Å². The van der Waals surface area contributed by atoms with Crippen LogP contribution in [0.5, 0.6) is 0 Å². The first-order valence-corrected chi connectivity index (χ1v) is 6.54. The molecule has 0 amide bonds. The number of nitrogens with zero attached hydrogens (tertiary/aromatic N) is 2. The zero-order chi connectivity index (χ0) is 13.0. The van der Waals surface area contributed by atoms with Crippen LogP contribution in [0.1, 0.15) is 18.4 Å². The van der Waals surface area contributed by atoms with Crippen molar-refractivity contribution in [2.45, 2.75) is 25.0 Å². The van der Waals surface area contributed by atoms with Gasteiger partial charge in [-0.05, 0) is 24.7 Å². The van der Waals surface area contributed by atoms with E-state index in [1.807, 2.05) is 19.2 Å². The zero-order valence-electron chi connectivity index (χ0n) is 10.6. The summed E-state index contributed by atoms with van der Waals surface area (Å²) in [6, 6.07) is 3.79. The zero-order valence-corrected chi connectivity index (χ0v) is 11.4. The summed E-state index contributed by atoms with van der Waals surface area (Å²) in [6.45, 7) is 2.69. The Balaban J connectivity index is 1.90. The van der Waals surface area contributed by atoms with E-state index in [0.29, 0.717) is 37.8 Å². The molecule has 0 aromatic carbocycles. The molecule has 0 bridgehead atoms. The molecule has 1 fully saturated rings. The second-order valence-electron chi connectivity index (χ2n) is 5.00. The average Bonchev–Trinajstić information content (AvgIpc) is 2.28. The van der Waals surface area contributed by atoms with Gasteiger partial charge >= 0.3 is 0 Å². The van der Waals surface area contributed by atoms with E-state index < -0.39 is 5.60 Å². The van der Waals surface area contributed by atoms with Crippen LogP contribution in [-0.2, 0) is 11.3 Å². The topological polar surface area (TPSA) is 45.6 Å². The van der Waals surface area contributed by atoms with Gasteiger partial charge in [0, 0.05) is 45.3 Å². The van der Waals surface area contributed by atoms with Gasteiger partial charge in [-0.2, -0.15) is 0 Å². The van der Waals surface area contributed by atoms with Gasteiger partial charge in [0.15, 0.2) is 0 Å². The number of halogens is 1. The Morgan fingerprint density at radius 2 is 2.22 bits per heavy atom. The summed E-state index contributed by atoms with van der Waals surface area (Å²) in [7, 11) is 2.00. The Bertz CT molecular complexity index is 394. The Hall–Kier alpha value is -0.680. The molecular formula is C13H19ClN2O2. The molecule has 1 saturated heterocycles. The Labute approximate surface area is 113 Å². The second kappa shape index (κ2) is 5.97. The van der Waals surface area contributed by atoms with Crippen molar-refractivity contribution in [3.05, 3.63) is 29.0 Å².